The second kappa shape index (κ2) is 43.6. The van der Waals surface area contributed by atoms with Crippen molar-refractivity contribution < 1.29 is 87.2 Å². The van der Waals surface area contributed by atoms with Gasteiger partial charge in [-0.2, -0.15) is 11.8 Å². The van der Waals surface area contributed by atoms with Gasteiger partial charge in [-0.05, 0) is 73.8 Å². The molecule has 38 nitrogen and oxygen atoms in total. The molecule has 4 aromatic rings. The molecule has 0 unspecified atom stereocenters. The van der Waals surface area contributed by atoms with E-state index in [-0.39, 0.29) is 128 Å². The molecule has 106 heavy (non-hydrogen) atoms. The van der Waals surface area contributed by atoms with Gasteiger partial charge < -0.3 is 89.9 Å². The number of amides is 12. The number of nitrogens with one attached hydrogen (secondary N) is 12. The van der Waals surface area contributed by atoms with Gasteiger partial charge >= 0.3 is 17.9 Å². The number of primary amides is 2. The van der Waals surface area contributed by atoms with Crippen LogP contribution in [0.2, 0.25) is 0 Å². The number of carboxylic acids is 3. The van der Waals surface area contributed by atoms with Gasteiger partial charge in [-0.15, -0.1) is 0 Å². The van der Waals surface area contributed by atoms with Crippen LogP contribution < -0.4 is 64.6 Å². The van der Waals surface area contributed by atoms with Crippen molar-refractivity contribution in [1.82, 2.24) is 87.4 Å². The minimum Gasteiger partial charge on any atom is -0.480 e. The van der Waals surface area contributed by atoms with E-state index < -0.39 is 157 Å². The Morgan fingerprint density at radius 1 is 0.547 bits per heavy atom. The Bertz CT molecular complexity index is 3660. The minimum absolute atomic E-state index is 0.0631. The second-order valence-electron chi connectivity index (χ2n) is 26.2. The van der Waals surface area contributed by atoms with Crippen molar-refractivity contribution in [2.24, 2.45) is 23.3 Å². The van der Waals surface area contributed by atoms with Crippen molar-refractivity contribution in [3.63, 3.8) is 0 Å². The fourth-order valence-electron chi connectivity index (χ4n) is 11.1. The molecule has 12 amide bonds. The smallest absolute Gasteiger partial charge is 0.317 e. The molecule has 19 N–H and O–H groups in total. The SMILES string of the molecule is CSCC[C@H](NC(=O)[C@H](CC(C)C)NC(=O)[C@H](Cc1c[nH]cn1)NC(=O)CNC(=O)[C@@H](NC(=O)[C@H](C)NC(=O)[C@H](Cc1c[nH]c2ccccc12)NC(=O)[C@H](CCC(N)=O)NC(=O)c1ccc(NC(=O)CNC(=O)CN2CCN(CC(=O)O)CCN(CC(=O)O)CCN(CC(=O)O)CC2)nc1)C(C)C)C(N)=O. The molecule has 1 fully saturated rings. The Labute approximate surface area is 615 Å². The molecule has 1 aliphatic heterocycles. The van der Waals surface area contributed by atoms with Gasteiger partial charge in [0.15, 0.2) is 0 Å². The number of carboxylic acid groups (broad SMARTS) is 3. The highest BCUT2D eigenvalue weighted by molar-refractivity contribution is 7.98. The number of nitrogens with zero attached hydrogens (tertiary/aromatic N) is 6. The van der Waals surface area contributed by atoms with Crippen molar-refractivity contribution in [1.29, 1.82) is 0 Å². The zero-order chi connectivity index (χ0) is 78.2. The molecule has 1 saturated heterocycles. The zero-order valence-electron chi connectivity index (χ0n) is 60.0. The first-order valence-corrected chi connectivity index (χ1v) is 35.7. The molecular weight excluding hydrogens is 1400 g/mol. The molecule has 580 valence electrons. The topological polar surface area (TPSA) is 559 Å². The number of pyridine rings is 1. The van der Waals surface area contributed by atoms with E-state index in [1.54, 1.807) is 63.9 Å². The Balaban J connectivity index is 1.22. The number of hydrogen-bond acceptors (Lipinski definition) is 22. The van der Waals surface area contributed by atoms with E-state index in [1.807, 2.05) is 20.1 Å². The molecule has 0 saturated carbocycles. The van der Waals surface area contributed by atoms with Gasteiger partial charge in [0, 0.05) is 101 Å². The van der Waals surface area contributed by atoms with Gasteiger partial charge in [0.1, 0.15) is 48.1 Å². The summed E-state index contributed by atoms with van der Waals surface area (Å²) >= 11 is 1.45. The van der Waals surface area contributed by atoms with Crippen LogP contribution in [0.5, 0.6) is 0 Å². The molecule has 3 aromatic heterocycles. The summed E-state index contributed by atoms with van der Waals surface area (Å²) in [6.45, 7) is 6.88. The van der Waals surface area contributed by atoms with Gasteiger partial charge in [0.25, 0.3) is 5.91 Å². The number of fused-ring (bicyclic) bond motifs is 1. The zero-order valence-corrected chi connectivity index (χ0v) is 60.8. The molecule has 0 spiro atoms. The Morgan fingerprint density at radius 2 is 1.09 bits per heavy atom. The lowest BCUT2D eigenvalue weighted by Crippen LogP contribution is -2.59. The number of benzene rings is 1. The summed E-state index contributed by atoms with van der Waals surface area (Å²) in [6, 6.07) is 0.380. The number of para-hydroxylation sites is 1. The number of hydrogen-bond donors (Lipinski definition) is 17. The summed E-state index contributed by atoms with van der Waals surface area (Å²) in [4.78, 5) is 218. The molecule has 0 aliphatic carbocycles. The number of aromatic amines is 2. The van der Waals surface area contributed by atoms with Crippen molar-refractivity contribution in [2.75, 3.05) is 109 Å². The summed E-state index contributed by atoms with van der Waals surface area (Å²) in [7, 11) is 0. The first-order valence-electron chi connectivity index (χ1n) is 34.3. The van der Waals surface area contributed by atoms with Crippen LogP contribution in [0.4, 0.5) is 5.82 Å². The van der Waals surface area contributed by atoms with Crippen LogP contribution >= 0.6 is 11.8 Å². The Hall–Kier alpha value is -10.6. The lowest BCUT2D eigenvalue weighted by molar-refractivity contribution is -0.140. The summed E-state index contributed by atoms with van der Waals surface area (Å²) in [6.07, 6.45) is 6.65. The standard InChI is InChI=1S/C67H98N20O18S/c1-38(2)25-48(65(103)78-46(60(69)98)15-24-106-6)80-66(104)50(27-43-30-70-37-75-43)77-53(89)32-74-67(105)59(39(3)4)83-61(99)40(5)76-64(102)49(26-42-29-71-45-10-8-7-9-44(42)45)81-63(101)47(12-13-51(68)88)79-62(100)41-11-14-52(72-28-41)82-54(90)31-73-55(91)33-84-16-18-85(34-56(92)93)20-22-87(36-58(96)97)23-21-86(19-17-84)35-57(94)95/h7-11,14,28-30,37-40,46-50,59,71H,12-13,15-27,31-36H2,1-6H3,(H2,68,88)(H2,69,98)(H,70,75)(H,73,91)(H,74,105)(H,76,102)(H,77,89)(H,78,103)(H,79,100)(H,80,104)(H,81,101)(H,83,99)(H,92,93)(H,94,95)(H,96,97)(H,72,82,90)/t40-,46-,47-,48-,49-,50-,59-/m0/s1. The summed E-state index contributed by atoms with van der Waals surface area (Å²) in [5.41, 5.74) is 12.5. The number of thioether (sulfide) groups is 1. The van der Waals surface area contributed by atoms with E-state index >= 15 is 0 Å². The van der Waals surface area contributed by atoms with E-state index in [9.17, 15) is 87.2 Å². The Morgan fingerprint density at radius 3 is 1.63 bits per heavy atom. The number of imidazole rings is 1. The first-order chi connectivity index (χ1) is 50.3. The van der Waals surface area contributed by atoms with E-state index in [1.165, 1.54) is 43.3 Å². The maximum absolute atomic E-state index is 14.4. The maximum Gasteiger partial charge on any atom is 0.317 e. The highest BCUT2D eigenvalue weighted by Crippen LogP contribution is 2.20. The van der Waals surface area contributed by atoms with Crippen molar-refractivity contribution in [3.05, 3.63) is 78.1 Å². The number of aromatic nitrogens is 4. The van der Waals surface area contributed by atoms with Crippen LogP contribution in [0.15, 0.2) is 61.3 Å². The molecule has 1 aromatic carbocycles. The monoisotopic (exact) mass is 1500 g/mol. The lowest BCUT2D eigenvalue weighted by atomic mass is 10.0. The van der Waals surface area contributed by atoms with E-state index in [0.29, 0.717) is 27.9 Å². The normalized spacial score (nSPS) is 15.4. The summed E-state index contributed by atoms with van der Waals surface area (Å²) < 4.78 is 0. The quantitative estimate of drug-likeness (QED) is 0.0200. The highest BCUT2D eigenvalue weighted by atomic mass is 32.2. The number of H-pyrrole nitrogens is 2. The summed E-state index contributed by atoms with van der Waals surface area (Å²) in [5.74, 6) is -13.3. The molecule has 7 atom stereocenters. The number of carbonyl (C=O) groups is 15. The van der Waals surface area contributed by atoms with Crippen LogP contribution in [0.3, 0.4) is 0 Å². The first kappa shape index (κ1) is 86.0. The van der Waals surface area contributed by atoms with Gasteiger partial charge in [-0.25, -0.2) is 9.97 Å². The van der Waals surface area contributed by atoms with Crippen molar-refractivity contribution >= 4 is 117 Å². The van der Waals surface area contributed by atoms with E-state index in [2.05, 4.69) is 73.1 Å². The molecule has 0 bridgehead atoms. The maximum atomic E-state index is 14.4. The molecular formula is C67H98N20O18S. The van der Waals surface area contributed by atoms with Crippen LogP contribution in [0.25, 0.3) is 10.9 Å². The van der Waals surface area contributed by atoms with Gasteiger partial charge in [0.2, 0.25) is 65.0 Å². The van der Waals surface area contributed by atoms with Crippen LogP contribution in [-0.4, -0.2) is 290 Å². The van der Waals surface area contributed by atoms with Gasteiger partial charge in [0.05, 0.1) is 56.9 Å². The third kappa shape index (κ3) is 30.6. The molecule has 0 radical (unpaired) electrons. The molecule has 5 rings (SSSR count). The number of anilines is 1. The second-order valence-corrected chi connectivity index (χ2v) is 27.2. The van der Waals surface area contributed by atoms with Crippen molar-refractivity contribution in [2.45, 2.75) is 115 Å². The predicted octanol–water partition coefficient (Wildman–Crippen LogP) is -4.35. The van der Waals surface area contributed by atoms with Crippen molar-refractivity contribution in [3.8, 4) is 0 Å². The average Bonchev–Trinajstić information content (AvgIpc) is 1.68. The largest absolute Gasteiger partial charge is 0.480 e. The van der Waals surface area contributed by atoms with E-state index in [0.717, 1.165) is 6.20 Å². The van der Waals surface area contributed by atoms with Crippen LogP contribution in [0, 0.1) is 11.8 Å². The number of carbonyl (C=O) groups excluding carboxylic acids is 12. The lowest BCUT2D eigenvalue weighted by Gasteiger charge is -2.32. The Kier molecular flexibility index (Phi) is 35.4. The predicted molar refractivity (Wildman–Crippen MR) is 385 cm³/mol. The van der Waals surface area contributed by atoms with E-state index in [4.69, 9.17) is 11.5 Å². The summed E-state index contributed by atoms with van der Waals surface area (Å²) in [5, 5.41) is 55.0. The van der Waals surface area contributed by atoms with Gasteiger partial charge in [-0.3, -0.25) is 91.5 Å². The van der Waals surface area contributed by atoms with Crippen LogP contribution in [0.1, 0.15) is 81.9 Å². The number of nitrogens with two attached hydrogens (primary N) is 2. The number of aliphatic carboxylic acids is 3. The molecule has 4 heterocycles. The van der Waals surface area contributed by atoms with Crippen LogP contribution in [-0.2, 0) is 80.0 Å². The minimum atomic E-state index is -1.53. The highest BCUT2D eigenvalue weighted by Gasteiger charge is 2.35. The third-order valence-electron chi connectivity index (χ3n) is 16.8. The number of rotatable bonds is 41. The fraction of sp³-hybridized carbons (Fsp3) is 0.537. The molecule has 1 aliphatic rings. The third-order valence-corrected chi connectivity index (χ3v) is 17.4. The van der Waals surface area contributed by atoms with Gasteiger partial charge in [-0.1, -0.05) is 45.9 Å². The molecule has 39 heteroatoms. The average molecular weight is 1500 g/mol. The fourth-order valence-corrected chi connectivity index (χ4v) is 11.6.